The minimum Gasteiger partial charge on any atom is -0.351 e. The van der Waals surface area contributed by atoms with Crippen molar-refractivity contribution >= 4 is 17.2 Å². The second-order valence-electron chi connectivity index (χ2n) is 8.35. The van der Waals surface area contributed by atoms with Crippen LogP contribution in [0.15, 0.2) is 0 Å². The molecule has 0 aliphatic rings. The van der Waals surface area contributed by atoms with Crippen molar-refractivity contribution in [2.24, 2.45) is 0 Å². The molecule has 140 valence electrons. The molecule has 0 saturated heterocycles. The van der Waals surface area contributed by atoms with Gasteiger partial charge in [0.1, 0.15) is 17.2 Å². The highest BCUT2D eigenvalue weighted by molar-refractivity contribution is 6.83. The molecular weight excluding hydrogens is 310 g/mol. The van der Waals surface area contributed by atoms with Crippen LogP contribution in [0.3, 0.4) is 0 Å². The molecule has 0 aromatic heterocycles. The van der Waals surface area contributed by atoms with Crippen LogP contribution in [0.1, 0.15) is 90.9 Å². The van der Waals surface area contributed by atoms with E-state index in [1.54, 1.807) is 0 Å². The first kappa shape index (κ1) is 23.4. The summed E-state index contributed by atoms with van der Waals surface area (Å²) in [5.41, 5.74) is 0. The molecule has 0 radical (unpaired) electrons. The summed E-state index contributed by atoms with van der Waals surface area (Å²) in [5, 5.41) is 0. The van der Waals surface area contributed by atoms with Gasteiger partial charge in [0, 0.05) is 0 Å². The predicted molar refractivity (Wildman–Crippen MR) is 115 cm³/mol. The van der Waals surface area contributed by atoms with Gasteiger partial charge < -0.3 is 4.23 Å². The zero-order chi connectivity index (χ0) is 17.6. The summed E-state index contributed by atoms with van der Waals surface area (Å²) >= 11 is 0. The number of hydrogen-bond acceptors (Lipinski definition) is 1. The standard InChI is InChI=1S/C20H47NSi2/c1-7-9-11-13-15-17-19-22(4)21(3)23(5,6)20-18-16-14-12-10-8-2/h22H,7-20H2,1-6H3. The molecule has 0 N–H and O–H groups in total. The van der Waals surface area contributed by atoms with Gasteiger partial charge in [0.15, 0.2) is 0 Å². The van der Waals surface area contributed by atoms with Gasteiger partial charge >= 0.3 is 0 Å². The second-order valence-corrected chi connectivity index (χ2v) is 16.7. The first-order valence-corrected chi connectivity index (χ1v) is 16.3. The Bertz CT molecular complexity index is 256. The van der Waals surface area contributed by atoms with Crippen LogP contribution in [0.2, 0.25) is 31.7 Å². The lowest BCUT2D eigenvalue weighted by Gasteiger charge is -2.38. The minimum atomic E-state index is -1.12. The van der Waals surface area contributed by atoms with Gasteiger partial charge in [-0.1, -0.05) is 111 Å². The molecule has 0 aliphatic carbocycles. The van der Waals surface area contributed by atoms with Crippen LogP contribution in [0.25, 0.3) is 0 Å². The van der Waals surface area contributed by atoms with Gasteiger partial charge in [-0.15, -0.1) is 0 Å². The van der Waals surface area contributed by atoms with Crippen molar-refractivity contribution in [2.45, 2.75) is 123 Å². The molecule has 1 atom stereocenters. The molecule has 3 heteroatoms. The van der Waals surface area contributed by atoms with Gasteiger partial charge in [0.2, 0.25) is 0 Å². The number of nitrogens with zero attached hydrogens (tertiary/aromatic N) is 1. The molecular formula is C20H47NSi2. The Balaban J connectivity index is 3.82. The van der Waals surface area contributed by atoms with E-state index in [1.165, 1.54) is 89.1 Å². The average molecular weight is 358 g/mol. The lowest BCUT2D eigenvalue weighted by molar-refractivity contribution is 0.611. The van der Waals surface area contributed by atoms with Crippen molar-refractivity contribution in [2.75, 3.05) is 7.05 Å². The molecule has 0 bridgehead atoms. The molecule has 0 fully saturated rings. The Labute approximate surface area is 151 Å². The summed E-state index contributed by atoms with van der Waals surface area (Å²) in [6.07, 6.45) is 17.4. The fourth-order valence-corrected chi connectivity index (χ4v) is 11.8. The van der Waals surface area contributed by atoms with Crippen molar-refractivity contribution in [1.29, 1.82) is 0 Å². The van der Waals surface area contributed by atoms with E-state index in [4.69, 9.17) is 0 Å². The Hall–Kier alpha value is 0.394. The molecule has 0 aliphatic heterocycles. The van der Waals surface area contributed by atoms with Crippen molar-refractivity contribution in [3.8, 4) is 0 Å². The van der Waals surface area contributed by atoms with Crippen LogP contribution in [0.4, 0.5) is 0 Å². The molecule has 0 aromatic carbocycles. The molecule has 0 amide bonds. The summed E-state index contributed by atoms with van der Waals surface area (Å²) in [6.45, 7) is 12.4. The molecule has 0 rings (SSSR count). The van der Waals surface area contributed by atoms with Crippen molar-refractivity contribution < 1.29 is 0 Å². The summed E-state index contributed by atoms with van der Waals surface area (Å²) < 4.78 is 2.92. The molecule has 0 heterocycles. The topological polar surface area (TPSA) is 3.24 Å². The smallest absolute Gasteiger partial charge is 0.115 e. The van der Waals surface area contributed by atoms with E-state index in [-0.39, 0.29) is 0 Å². The maximum absolute atomic E-state index is 2.92. The predicted octanol–water partition coefficient (Wildman–Crippen LogP) is 7.20. The van der Waals surface area contributed by atoms with Gasteiger partial charge in [-0.25, -0.2) is 0 Å². The van der Waals surface area contributed by atoms with E-state index >= 15 is 0 Å². The molecule has 0 saturated carbocycles. The van der Waals surface area contributed by atoms with E-state index in [1.807, 2.05) is 0 Å². The zero-order valence-corrected chi connectivity index (χ0v) is 19.6. The fourth-order valence-electron chi connectivity index (χ4n) is 3.52. The number of rotatable bonds is 16. The van der Waals surface area contributed by atoms with Crippen LogP contribution in [0, 0.1) is 0 Å². The van der Waals surface area contributed by atoms with E-state index in [0.717, 1.165) is 0 Å². The summed E-state index contributed by atoms with van der Waals surface area (Å²) in [4.78, 5) is 0. The van der Waals surface area contributed by atoms with Crippen molar-refractivity contribution in [3.05, 3.63) is 0 Å². The second kappa shape index (κ2) is 14.7. The highest BCUT2D eigenvalue weighted by atomic mass is 28.4. The van der Waals surface area contributed by atoms with Crippen LogP contribution >= 0.6 is 0 Å². The van der Waals surface area contributed by atoms with E-state index < -0.39 is 17.2 Å². The Morgan fingerprint density at radius 3 is 1.65 bits per heavy atom. The van der Waals surface area contributed by atoms with Gasteiger partial charge in [-0.05, 0) is 19.1 Å². The van der Waals surface area contributed by atoms with E-state index in [9.17, 15) is 0 Å². The largest absolute Gasteiger partial charge is 0.351 e. The van der Waals surface area contributed by atoms with E-state index in [2.05, 4.69) is 44.8 Å². The summed E-state index contributed by atoms with van der Waals surface area (Å²) in [6, 6.07) is 3.05. The van der Waals surface area contributed by atoms with Crippen molar-refractivity contribution in [1.82, 2.24) is 4.23 Å². The molecule has 1 nitrogen and oxygen atoms in total. The SMILES string of the molecule is CCCCCCCC[SiH](C)N(C)[Si](C)(C)CCCCCCCC. The summed E-state index contributed by atoms with van der Waals surface area (Å²) in [5.74, 6) is 0. The monoisotopic (exact) mass is 357 g/mol. The van der Waals surface area contributed by atoms with Crippen LogP contribution in [-0.2, 0) is 0 Å². The third-order valence-electron chi connectivity index (χ3n) is 5.73. The van der Waals surface area contributed by atoms with Crippen LogP contribution in [0.5, 0.6) is 0 Å². The minimum absolute atomic E-state index is 0.655. The van der Waals surface area contributed by atoms with Crippen molar-refractivity contribution in [3.63, 3.8) is 0 Å². The normalized spacial score (nSPS) is 13.7. The third kappa shape index (κ3) is 12.4. The third-order valence-corrected chi connectivity index (χ3v) is 15.2. The maximum atomic E-state index is 2.92. The zero-order valence-electron chi connectivity index (χ0n) is 17.4. The Morgan fingerprint density at radius 2 is 1.13 bits per heavy atom. The average Bonchev–Trinajstić information content (AvgIpc) is 2.53. The molecule has 0 aromatic rings. The summed E-state index contributed by atoms with van der Waals surface area (Å²) in [7, 11) is 0.690. The lowest BCUT2D eigenvalue weighted by atomic mass is 10.1. The number of unbranched alkanes of at least 4 members (excludes halogenated alkanes) is 10. The van der Waals surface area contributed by atoms with Crippen LogP contribution < -0.4 is 0 Å². The van der Waals surface area contributed by atoms with Gasteiger partial charge in [0.05, 0.1) is 0 Å². The maximum Gasteiger partial charge on any atom is 0.115 e. The first-order valence-electron chi connectivity index (χ1n) is 10.7. The first-order chi connectivity index (χ1) is 11.0. The van der Waals surface area contributed by atoms with Gasteiger partial charge in [-0.3, -0.25) is 0 Å². The van der Waals surface area contributed by atoms with E-state index in [0.29, 0.717) is 0 Å². The fraction of sp³-hybridized carbons (Fsp3) is 1.00. The molecule has 0 spiro atoms. The van der Waals surface area contributed by atoms with Crippen LogP contribution in [-0.4, -0.2) is 28.5 Å². The Kier molecular flexibility index (Phi) is 15.0. The highest BCUT2D eigenvalue weighted by Crippen LogP contribution is 2.22. The highest BCUT2D eigenvalue weighted by Gasteiger charge is 2.29. The number of hydrogen-bond donors (Lipinski definition) is 0. The molecule has 1 unspecified atom stereocenters. The van der Waals surface area contributed by atoms with Gasteiger partial charge in [0.25, 0.3) is 0 Å². The molecule has 23 heavy (non-hydrogen) atoms. The lowest BCUT2D eigenvalue weighted by Crippen LogP contribution is -2.52. The quantitative estimate of drug-likeness (QED) is 0.208. The van der Waals surface area contributed by atoms with Gasteiger partial charge in [-0.2, -0.15) is 0 Å². The Morgan fingerprint density at radius 1 is 0.696 bits per heavy atom.